The largest absolute Gasteiger partial charge is 0.352 e. The Kier molecular flexibility index (Phi) is 5.85. The summed E-state index contributed by atoms with van der Waals surface area (Å²) in [6.07, 6.45) is 7.31. The molecule has 1 heterocycles. The van der Waals surface area contributed by atoms with E-state index < -0.39 is 11.6 Å². The number of hydrogen-bond acceptors (Lipinski definition) is 3. The molecule has 5 unspecified atom stereocenters. The van der Waals surface area contributed by atoms with Gasteiger partial charge in [-0.2, -0.15) is 0 Å². The number of benzene rings is 1. The van der Waals surface area contributed by atoms with Crippen LogP contribution in [-0.2, 0) is 15.1 Å². The zero-order chi connectivity index (χ0) is 21.3. The number of carbonyl (C=O) groups is 3. The van der Waals surface area contributed by atoms with Gasteiger partial charge in [-0.15, -0.1) is 0 Å². The molecule has 2 N–H and O–H groups in total. The van der Waals surface area contributed by atoms with E-state index in [0.29, 0.717) is 18.3 Å². The molecule has 162 valence electrons. The number of hydrogen-bond donors (Lipinski definition) is 2. The standard InChI is InChI=1S/C24H33N3O3/c1-3-4-12-24(19-8-6-5-7-9-19)22(29)27(23(30)26-24)15-21(28)25-16(2)20-14-17-10-11-18(20)13-17/h5-9,16-18,20H,3-4,10-15H2,1-2H3,(H,25,28)(H,26,30). The smallest absolute Gasteiger partial charge is 0.325 e. The predicted molar refractivity (Wildman–Crippen MR) is 114 cm³/mol. The summed E-state index contributed by atoms with van der Waals surface area (Å²) in [5.41, 5.74) is -0.305. The minimum Gasteiger partial charge on any atom is -0.352 e. The van der Waals surface area contributed by atoms with Gasteiger partial charge in [-0.3, -0.25) is 14.5 Å². The number of imide groups is 1. The van der Waals surface area contributed by atoms with Gasteiger partial charge < -0.3 is 10.6 Å². The van der Waals surface area contributed by atoms with Crippen LogP contribution >= 0.6 is 0 Å². The molecule has 4 rings (SSSR count). The summed E-state index contributed by atoms with van der Waals surface area (Å²) in [4.78, 5) is 39.9. The molecule has 5 atom stereocenters. The van der Waals surface area contributed by atoms with Crippen LogP contribution in [0.1, 0.15) is 64.4 Å². The van der Waals surface area contributed by atoms with Gasteiger partial charge in [-0.25, -0.2) is 4.79 Å². The van der Waals surface area contributed by atoms with Crippen LogP contribution in [0.3, 0.4) is 0 Å². The highest BCUT2D eigenvalue weighted by atomic mass is 16.2. The molecule has 4 amide bonds. The number of carbonyl (C=O) groups excluding carboxylic acids is 3. The van der Waals surface area contributed by atoms with Gasteiger partial charge in [0.2, 0.25) is 5.91 Å². The van der Waals surface area contributed by atoms with Crippen LogP contribution in [-0.4, -0.2) is 35.3 Å². The van der Waals surface area contributed by atoms with Crippen LogP contribution in [0.4, 0.5) is 4.79 Å². The van der Waals surface area contributed by atoms with E-state index in [2.05, 4.69) is 24.5 Å². The lowest BCUT2D eigenvalue weighted by atomic mass is 9.84. The molecule has 2 saturated carbocycles. The Labute approximate surface area is 178 Å². The molecular formula is C24H33N3O3. The number of fused-ring (bicyclic) bond motifs is 2. The van der Waals surface area contributed by atoms with Crippen molar-refractivity contribution in [2.45, 2.75) is 70.4 Å². The lowest BCUT2D eigenvalue weighted by Gasteiger charge is -2.29. The fourth-order valence-corrected chi connectivity index (χ4v) is 5.90. The Bertz CT molecular complexity index is 811. The van der Waals surface area contributed by atoms with Crippen molar-refractivity contribution in [3.63, 3.8) is 0 Å². The molecule has 2 aliphatic carbocycles. The minimum absolute atomic E-state index is 0.0764. The van der Waals surface area contributed by atoms with Gasteiger partial charge in [0.1, 0.15) is 12.1 Å². The van der Waals surface area contributed by atoms with Gasteiger partial charge in [0.05, 0.1) is 0 Å². The summed E-state index contributed by atoms with van der Waals surface area (Å²) >= 11 is 0. The third kappa shape index (κ3) is 3.72. The maximum atomic E-state index is 13.4. The van der Waals surface area contributed by atoms with E-state index in [1.165, 1.54) is 25.7 Å². The third-order valence-electron chi connectivity index (χ3n) is 7.47. The van der Waals surface area contributed by atoms with Crippen molar-refractivity contribution in [2.24, 2.45) is 17.8 Å². The summed E-state index contributed by atoms with van der Waals surface area (Å²) in [6.45, 7) is 3.89. The second kappa shape index (κ2) is 8.40. The van der Waals surface area contributed by atoms with Crippen molar-refractivity contribution in [2.75, 3.05) is 6.54 Å². The molecule has 0 aromatic heterocycles. The first kappa shape index (κ1) is 20.9. The lowest BCUT2D eigenvalue weighted by molar-refractivity contribution is -0.135. The second-order valence-electron chi connectivity index (χ2n) is 9.39. The number of amides is 4. The van der Waals surface area contributed by atoms with Gasteiger partial charge in [0.25, 0.3) is 5.91 Å². The summed E-state index contributed by atoms with van der Waals surface area (Å²) in [7, 11) is 0. The number of nitrogens with one attached hydrogen (secondary N) is 2. The van der Waals surface area contributed by atoms with Crippen molar-refractivity contribution in [1.29, 1.82) is 0 Å². The van der Waals surface area contributed by atoms with E-state index in [0.717, 1.165) is 29.2 Å². The van der Waals surface area contributed by atoms with Gasteiger partial charge >= 0.3 is 6.03 Å². The molecule has 6 heteroatoms. The number of nitrogens with zero attached hydrogens (tertiary/aromatic N) is 1. The highest BCUT2D eigenvalue weighted by Gasteiger charge is 2.52. The molecule has 1 aromatic rings. The summed E-state index contributed by atoms with van der Waals surface area (Å²) in [6, 6.07) is 8.96. The molecule has 3 fully saturated rings. The quantitative estimate of drug-likeness (QED) is 0.642. The monoisotopic (exact) mass is 411 g/mol. The molecule has 1 aromatic carbocycles. The summed E-state index contributed by atoms with van der Waals surface area (Å²) < 4.78 is 0. The minimum atomic E-state index is -1.08. The fraction of sp³-hybridized carbons (Fsp3) is 0.625. The van der Waals surface area contributed by atoms with E-state index >= 15 is 0 Å². The predicted octanol–water partition coefficient (Wildman–Crippen LogP) is 3.56. The van der Waals surface area contributed by atoms with Crippen LogP contribution in [0.25, 0.3) is 0 Å². The Morgan fingerprint density at radius 1 is 1.23 bits per heavy atom. The van der Waals surface area contributed by atoms with Gasteiger partial charge in [-0.1, -0.05) is 56.5 Å². The first-order valence-electron chi connectivity index (χ1n) is 11.4. The van der Waals surface area contributed by atoms with Gasteiger partial charge in [-0.05, 0) is 55.9 Å². The molecule has 30 heavy (non-hydrogen) atoms. The Balaban J connectivity index is 1.44. The first-order valence-corrected chi connectivity index (χ1v) is 11.4. The van der Waals surface area contributed by atoms with Crippen molar-refractivity contribution < 1.29 is 14.4 Å². The van der Waals surface area contributed by atoms with Crippen LogP contribution in [0.5, 0.6) is 0 Å². The topological polar surface area (TPSA) is 78.5 Å². The molecule has 0 spiro atoms. The molecular weight excluding hydrogens is 378 g/mol. The zero-order valence-corrected chi connectivity index (χ0v) is 18.0. The normalized spacial score (nSPS) is 31.1. The van der Waals surface area contributed by atoms with E-state index in [-0.39, 0.29) is 24.4 Å². The maximum absolute atomic E-state index is 13.4. The zero-order valence-electron chi connectivity index (χ0n) is 18.0. The molecule has 3 aliphatic rings. The van der Waals surface area contributed by atoms with E-state index in [4.69, 9.17) is 0 Å². The number of urea groups is 1. The van der Waals surface area contributed by atoms with Crippen molar-refractivity contribution >= 4 is 17.8 Å². The Morgan fingerprint density at radius 2 is 2.00 bits per heavy atom. The summed E-state index contributed by atoms with van der Waals surface area (Å²) in [5, 5.41) is 5.98. The molecule has 6 nitrogen and oxygen atoms in total. The summed E-state index contributed by atoms with van der Waals surface area (Å²) in [5.74, 6) is 1.46. The van der Waals surface area contributed by atoms with Crippen LogP contribution in [0.2, 0.25) is 0 Å². The fourth-order valence-electron chi connectivity index (χ4n) is 5.90. The third-order valence-corrected chi connectivity index (χ3v) is 7.47. The molecule has 1 aliphatic heterocycles. The van der Waals surface area contributed by atoms with Gasteiger partial charge in [0, 0.05) is 6.04 Å². The second-order valence-corrected chi connectivity index (χ2v) is 9.39. The highest BCUT2D eigenvalue weighted by molar-refractivity contribution is 6.09. The first-order chi connectivity index (χ1) is 14.4. The van der Waals surface area contributed by atoms with Crippen molar-refractivity contribution in [3.8, 4) is 0 Å². The van der Waals surface area contributed by atoms with E-state index in [1.54, 1.807) is 0 Å². The molecule has 2 bridgehead atoms. The van der Waals surface area contributed by atoms with E-state index in [1.807, 2.05) is 30.3 Å². The average Bonchev–Trinajstić information content (AvgIpc) is 3.44. The SMILES string of the molecule is CCCCC1(c2ccccc2)NC(=O)N(CC(=O)NC(C)C2CC3CCC2C3)C1=O. The van der Waals surface area contributed by atoms with Gasteiger partial charge in [0.15, 0.2) is 0 Å². The Hall–Kier alpha value is -2.37. The Morgan fingerprint density at radius 3 is 2.63 bits per heavy atom. The van der Waals surface area contributed by atoms with Crippen LogP contribution in [0, 0.1) is 17.8 Å². The molecule has 1 saturated heterocycles. The van der Waals surface area contributed by atoms with E-state index in [9.17, 15) is 14.4 Å². The highest BCUT2D eigenvalue weighted by Crippen LogP contribution is 2.49. The maximum Gasteiger partial charge on any atom is 0.325 e. The molecule has 0 radical (unpaired) electrons. The van der Waals surface area contributed by atoms with Crippen molar-refractivity contribution in [1.82, 2.24) is 15.5 Å². The average molecular weight is 412 g/mol. The lowest BCUT2D eigenvalue weighted by Crippen LogP contribution is -2.47. The number of unbranched alkanes of at least 4 members (excludes halogenated alkanes) is 1. The van der Waals surface area contributed by atoms with Crippen molar-refractivity contribution in [3.05, 3.63) is 35.9 Å². The number of rotatable bonds is 8. The van der Waals surface area contributed by atoms with Crippen LogP contribution in [0.15, 0.2) is 30.3 Å². The van der Waals surface area contributed by atoms with Crippen LogP contribution < -0.4 is 10.6 Å².